The van der Waals surface area contributed by atoms with Crippen LogP contribution in [0.25, 0.3) is 0 Å². The Hall–Kier alpha value is -0.650. The number of aromatic amines is 1. The highest BCUT2D eigenvalue weighted by molar-refractivity contribution is 7.07. The zero-order chi connectivity index (χ0) is 10.4. The predicted molar refractivity (Wildman–Crippen MR) is 59.5 cm³/mol. The van der Waals surface area contributed by atoms with Gasteiger partial charge in [-0.05, 0) is 19.0 Å². The Morgan fingerprint density at radius 2 is 2.50 bits per heavy atom. The minimum absolute atomic E-state index is 0.00710. The molecule has 0 aromatic carbocycles. The van der Waals surface area contributed by atoms with Crippen molar-refractivity contribution in [2.45, 2.75) is 19.9 Å². The second-order valence-electron chi connectivity index (χ2n) is 3.31. The predicted octanol–water partition coefficient (Wildman–Crippen LogP) is 0.511. The van der Waals surface area contributed by atoms with E-state index in [0.29, 0.717) is 12.5 Å². The second-order valence-corrected chi connectivity index (χ2v) is 4.16. The van der Waals surface area contributed by atoms with E-state index < -0.39 is 0 Å². The van der Waals surface area contributed by atoms with Gasteiger partial charge in [-0.15, -0.1) is 0 Å². The van der Waals surface area contributed by atoms with Gasteiger partial charge in [0.05, 0.1) is 0 Å². The highest BCUT2D eigenvalue weighted by Gasteiger charge is 2.03. The molecule has 1 heterocycles. The van der Waals surface area contributed by atoms with Gasteiger partial charge in [0, 0.05) is 17.6 Å². The van der Waals surface area contributed by atoms with Crippen LogP contribution < -0.4 is 15.9 Å². The summed E-state index contributed by atoms with van der Waals surface area (Å²) in [5, 5.41) is 5.12. The Bertz CT molecular complexity index is 303. The monoisotopic (exact) mass is 215 g/mol. The third kappa shape index (κ3) is 3.61. The molecular weight excluding hydrogens is 198 g/mol. The first-order valence-corrected chi connectivity index (χ1v) is 5.71. The molecule has 0 spiro atoms. The number of thiazole rings is 1. The number of rotatable bonds is 6. The van der Waals surface area contributed by atoms with Crippen LogP contribution in [0.3, 0.4) is 0 Å². The SMILES string of the molecule is CCC(CN)CNCc1csc(=O)[nH]1. The molecule has 5 heteroatoms. The van der Waals surface area contributed by atoms with E-state index >= 15 is 0 Å². The molecule has 1 atom stereocenters. The summed E-state index contributed by atoms with van der Waals surface area (Å²) in [6.45, 7) is 4.47. The smallest absolute Gasteiger partial charge is 0.304 e. The Labute approximate surface area is 87.5 Å². The number of H-pyrrole nitrogens is 1. The van der Waals surface area contributed by atoms with Gasteiger partial charge < -0.3 is 16.0 Å². The minimum Gasteiger partial charge on any atom is -0.330 e. The van der Waals surface area contributed by atoms with E-state index in [1.54, 1.807) is 0 Å². The van der Waals surface area contributed by atoms with Crippen molar-refractivity contribution in [1.82, 2.24) is 10.3 Å². The van der Waals surface area contributed by atoms with Crippen LogP contribution in [0.1, 0.15) is 19.0 Å². The van der Waals surface area contributed by atoms with Crippen molar-refractivity contribution in [3.63, 3.8) is 0 Å². The third-order valence-corrected chi connectivity index (χ3v) is 2.95. The summed E-state index contributed by atoms with van der Waals surface area (Å²) >= 11 is 1.20. The molecule has 0 aliphatic heterocycles. The lowest BCUT2D eigenvalue weighted by Crippen LogP contribution is -2.27. The average molecular weight is 215 g/mol. The minimum atomic E-state index is 0.00710. The Morgan fingerprint density at radius 1 is 1.71 bits per heavy atom. The lowest BCUT2D eigenvalue weighted by molar-refractivity contribution is 0.470. The maximum Gasteiger partial charge on any atom is 0.304 e. The fourth-order valence-electron chi connectivity index (χ4n) is 1.21. The summed E-state index contributed by atoms with van der Waals surface area (Å²) in [5.74, 6) is 0.528. The van der Waals surface area contributed by atoms with Gasteiger partial charge in [-0.3, -0.25) is 4.79 Å². The van der Waals surface area contributed by atoms with E-state index in [1.165, 1.54) is 11.3 Å². The molecule has 4 nitrogen and oxygen atoms in total. The van der Waals surface area contributed by atoms with Crippen molar-refractivity contribution >= 4 is 11.3 Å². The molecule has 14 heavy (non-hydrogen) atoms. The molecule has 1 aromatic rings. The van der Waals surface area contributed by atoms with E-state index in [1.807, 2.05) is 5.38 Å². The molecule has 4 N–H and O–H groups in total. The zero-order valence-electron chi connectivity index (χ0n) is 8.38. The normalized spacial score (nSPS) is 13.0. The van der Waals surface area contributed by atoms with Crippen LogP contribution in [0.4, 0.5) is 0 Å². The van der Waals surface area contributed by atoms with Gasteiger partial charge in [-0.1, -0.05) is 24.7 Å². The summed E-state index contributed by atoms with van der Waals surface area (Å²) < 4.78 is 0. The first kappa shape index (κ1) is 11.4. The van der Waals surface area contributed by atoms with E-state index in [9.17, 15) is 4.79 Å². The van der Waals surface area contributed by atoms with Gasteiger partial charge in [0.25, 0.3) is 0 Å². The number of nitrogens with two attached hydrogens (primary N) is 1. The maximum absolute atomic E-state index is 10.8. The summed E-state index contributed by atoms with van der Waals surface area (Å²) in [4.78, 5) is 13.6. The fourth-order valence-corrected chi connectivity index (χ4v) is 1.79. The highest BCUT2D eigenvalue weighted by Crippen LogP contribution is 1.99. The first-order valence-electron chi connectivity index (χ1n) is 4.83. The van der Waals surface area contributed by atoms with Gasteiger partial charge in [-0.25, -0.2) is 0 Å². The zero-order valence-corrected chi connectivity index (χ0v) is 9.19. The van der Waals surface area contributed by atoms with Crippen LogP contribution in [0.2, 0.25) is 0 Å². The van der Waals surface area contributed by atoms with Crippen molar-refractivity contribution in [3.05, 3.63) is 20.7 Å². The van der Waals surface area contributed by atoms with Gasteiger partial charge in [0.2, 0.25) is 0 Å². The number of hydrogen-bond acceptors (Lipinski definition) is 4. The quantitative estimate of drug-likeness (QED) is 0.647. The Balaban J connectivity index is 2.24. The van der Waals surface area contributed by atoms with Crippen LogP contribution in [-0.4, -0.2) is 18.1 Å². The molecule has 1 rings (SSSR count). The fraction of sp³-hybridized carbons (Fsp3) is 0.667. The van der Waals surface area contributed by atoms with Gasteiger partial charge in [-0.2, -0.15) is 0 Å². The summed E-state index contributed by atoms with van der Waals surface area (Å²) in [6.07, 6.45) is 1.09. The molecular formula is C9H17N3OS. The van der Waals surface area contributed by atoms with Gasteiger partial charge in [0.15, 0.2) is 0 Å². The summed E-state index contributed by atoms with van der Waals surface area (Å²) in [5.41, 5.74) is 6.52. The molecule has 0 radical (unpaired) electrons. The molecule has 0 aliphatic rings. The summed E-state index contributed by atoms with van der Waals surface area (Å²) in [6, 6.07) is 0. The molecule has 1 aromatic heterocycles. The standard InChI is InChI=1S/C9H17N3OS/c1-2-7(3-10)4-11-5-8-6-14-9(13)12-8/h6-7,11H,2-5,10H2,1H3,(H,12,13). The third-order valence-electron chi connectivity index (χ3n) is 2.23. The molecule has 0 fully saturated rings. The van der Waals surface area contributed by atoms with Crippen molar-refractivity contribution in [3.8, 4) is 0 Å². The van der Waals surface area contributed by atoms with E-state index in [2.05, 4.69) is 17.2 Å². The lowest BCUT2D eigenvalue weighted by Gasteiger charge is -2.12. The molecule has 0 aliphatic carbocycles. The van der Waals surface area contributed by atoms with Gasteiger partial charge in [0.1, 0.15) is 0 Å². The van der Waals surface area contributed by atoms with Gasteiger partial charge >= 0.3 is 4.87 Å². The van der Waals surface area contributed by atoms with Crippen LogP contribution in [-0.2, 0) is 6.54 Å². The molecule has 0 saturated heterocycles. The van der Waals surface area contributed by atoms with E-state index in [-0.39, 0.29) is 4.87 Å². The number of nitrogens with one attached hydrogen (secondary N) is 2. The van der Waals surface area contributed by atoms with E-state index in [4.69, 9.17) is 5.73 Å². The molecule has 0 saturated carbocycles. The highest BCUT2D eigenvalue weighted by atomic mass is 32.1. The second kappa shape index (κ2) is 5.95. The van der Waals surface area contributed by atoms with E-state index in [0.717, 1.165) is 25.2 Å². The molecule has 80 valence electrons. The van der Waals surface area contributed by atoms with Crippen LogP contribution in [0, 0.1) is 5.92 Å². The first-order chi connectivity index (χ1) is 6.76. The molecule has 0 amide bonds. The van der Waals surface area contributed by atoms with Crippen molar-refractivity contribution < 1.29 is 0 Å². The van der Waals surface area contributed by atoms with Crippen molar-refractivity contribution in [2.75, 3.05) is 13.1 Å². The summed E-state index contributed by atoms with van der Waals surface area (Å²) in [7, 11) is 0. The topological polar surface area (TPSA) is 70.9 Å². The molecule has 1 unspecified atom stereocenters. The van der Waals surface area contributed by atoms with Crippen LogP contribution in [0.15, 0.2) is 10.2 Å². The maximum atomic E-state index is 10.8. The molecule has 0 bridgehead atoms. The largest absolute Gasteiger partial charge is 0.330 e. The van der Waals surface area contributed by atoms with Crippen molar-refractivity contribution in [2.24, 2.45) is 11.7 Å². The van der Waals surface area contributed by atoms with Crippen LogP contribution >= 0.6 is 11.3 Å². The lowest BCUT2D eigenvalue weighted by atomic mass is 10.1. The average Bonchev–Trinajstić information content (AvgIpc) is 2.59. The Morgan fingerprint density at radius 3 is 3.00 bits per heavy atom. The Kier molecular flexibility index (Phi) is 4.86. The van der Waals surface area contributed by atoms with Crippen LogP contribution in [0.5, 0.6) is 0 Å². The van der Waals surface area contributed by atoms with Crippen molar-refractivity contribution in [1.29, 1.82) is 0 Å². The number of hydrogen-bond donors (Lipinski definition) is 3. The number of aromatic nitrogens is 1.